The Morgan fingerprint density at radius 2 is 1.38 bits per heavy atom. The van der Waals surface area contributed by atoms with Gasteiger partial charge in [-0.25, -0.2) is 4.39 Å². The average molecular weight is 345 g/mol. The van der Waals surface area contributed by atoms with Crippen molar-refractivity contribution in [3.63, 3.8) is 0 Å². The molecule has 0 amide bonds. The molecule has 0 aliphatic carbocycles. The van der Waals surface area contributed by atoms with Gasteiger partial charge in [-0.15, -0.1) is 0 Å². The molecule has 0 saturated carbocycles. The van der Waals surface area contributed by atoms with Gasteiger partial charge in [-0.3, -0.25) is 4.98 Å². The molecular formula is C19H13BFN3O2. The van der Waals surface area contributed by atoms with Gasteiger partial charge in [0.1, 0.15) is 5.82 Å². The Balaban J connectivity index is 0.000000197. The summed E-state index contributed by atoms with van der Waals surface area (Å²) in [7, 11) is -1.46. The van der Waals surface area contributed by atoms with E-state index in [4.69, 9.17) is 20.6 Å². The molecule has 0 fully saturated rings. The fraction of sp³-hybridized carbons (Fsp3) is 0. The topological polar surface area (TPSA) is 101 Å². The predicted octanol–water partition coefficient (Wildman–Crippen LogP) is 2.00. The molecule has 2 aromatic carbocycles. The maximum atomic E-state index is 13.3. The Bertz CT molecular complexity index is 946. The Kier molecular flexibility index (Phi) is 6.58. The van der Waals surface area contributed by atoms with Gasteiger partial charge < -0.3 is 10.0 Å². The zero-order chi connectivity index (χ0) is 18.9. The van der Waals surface area contributed by atoms with Gasteiger partial charge in [0.25, 0.3) is 0 Å². The van der Waals surface area contributed by atoms with E-state index in [-0.39, 0.29) is 5.82 Å². The van der Waals surface area contributed by atoms with Crippen LogP contribution in [0.15, 0.2) is 67.0 Å². The summed E-state index contributed by atoms with van der Waals surface area (Å²) in [6, 6.07) is 18.4. The highest BCUT2D eigenvalue weighted by molar-refractivity contribution is 6.58. The standard InChI is InChI=1S/C12H7FN2.C7H6BNO2/c13-12-8-15-6-5-11(12)10-3-1-9(7-14)2-4-10;9-5-6-1-3-7(4-2-6)8(10)11/h1-6,8H;1-4,10-11H. The zero-order valence-electron chi connectivity index (χ0n) is 13.5. The van der Waals surface area contributed by atoms with E-state index in [1.54, 1.807) is 30.3 Å². The quantitative estimate of drug-likeness (QED) is 0.692. The Hall–Kier alpha value is -3.52. The minimum Gasteiger partial charge on any atom is -0.423 e. The largest absolute Gasteiger partial charge is 0.488 e. The second-order valence-corrected chi connectivity index (χ2v) is 5.15. The molecule has 5 nitrogen and oxygen atoms in total. The molecule has 0 spiro atoms. The van der Waals surface area contributed by atoms with Crippen LogP contribution in [0.5, 0.6) is 0 Å². The first-order chi connectivity index (χ1) is 12.5. The minimum absolute atomic E-state index is 0.359. The lowest BCUT2D eigenvalue weighted by atomic mass is 9.80. The molecule has 0 aliphatic rings. The maximum absolute atomic E-state index is 13.3. The number of nitriles is 2. The smallest absolute Gasteiger partial charge is 0.423 e. The third-order valence-corrected chi connectivity index (χ3v) is 3.44. The number of nitrogens with zero attached hydrogens (tertiary/aromatic N) is 3. The Labute approximate surface area is 150 Å². The normalized spacial score (nSPS) is 9.27. The van der Waals surface area contributed by atoms with Crippen LogP contribution < -0.4 is 5.46 Å². The summed E-state index contributed by atoms with van der Waals surface area (Å²) >= 11 is 0. The van der Waals surface area contributed by atoms with Crippen molar-refractivity contribution in [1.82, 2.24) is 4.98 Å². The van der Waals surface area contributed by atoms with Gasteiger partial charge >= 0.3 is 7.12 Å². The lowest BCUT2D eigenvalue weighted by Crippen LogP contribution is -2.29. The number of hydrogen-bond donors (Lipinski definition) is 2. The van der Waals surface area contributed by atoms with Gasteiger partial charge in [-0.05, 0) is 41.4 Å². The molecule has 0 unspecified atom stereocenters. The van der Waals surface area contributed by atoms with E-state index in [0.29, 0.717) is 22.2 Å². The molecule has 26 heavy (non-hydrogen) atoms. The van der Waals surface area contributed by atoms with Crippen LogP contribution in [-0.4, -0.2) is 22.2 Å². The highest BCUT2D eigenvalue weighted by atomic mass is 19.1. The summed E-state index contributed by atoms with van der Waals surface area (Å²) < 4.78 is 13.3. The van der Waals surface area contributed by atoms with Crippen LogP contribution >= 0.6 is 0 Å². The third-order valence-electron chi connectivity index (χ3n) is 3.44. The van der Waals surface area contributed by atoms with Gasteiger partial charge in [0.15, 0.2) is 0 Å². The van der Waals surface area contributed by atoms with Crippen molar-refractivity contribution in [2.24, 2.45) is 0 Å². The number of aromatic nitrogens is 1. The van der Waals surface area contributed by atoms with Gasteiger partial charge in [-0.2, -0.15) is 10.5 Å². The van der Waals surface area contributed by atoms with Crippen molar-refractivity contribution in [3.8, 4) is 23.3 Å². The van der Waals surface area contributed by atoms with E-state index in [1.165, 1.54) is 36.7 Å². The first kappa shape index (κ1) is 18.8. The second-order valence-electron chi connectivity index (χ2n) is 5.15. The summed E-state index contributed by atoms with van der Waals surface area (Å²) in [6.07, 6.45) is 2.71. The molecule has 0 bridgehead atoms. The van der Waals surface area contributed by atoms with Crippen molar-refractivity contribution in [2.75, 3.05) is 0 Å². The van der Waals surface area contributed by atoms with Crippen LogP contribution in [0.1, 0.15) is 11.1 Å². The van der Waals surface area contributed by atoms with Gasteiger partial charge in [0, 0.05) is 11.8 Å². The van der Waals surface area contributed by atoms with Gasteiger partial charge in [0.2, 0.25) is 0 Å². The fourth-order valence-electron chi connectivity index (χ4n) is 2.06. The van der Waals surface area contributed by atoms with Gasteiger partial charge in [-0.1, -0.05) is 24.3 Å². The summed E-state index contributed by atoms with van der Waals surface area (Å²) in [4.78, 5) is 3.68. The summed E-state index contributed by atoms with van der Waals surface area (Å²) in [5.74, 6) is -0.359. The molecule has 0 atom stereocenters. The van der Waals surface area contributed by atoms with E-state index in [1.807, 2.05) is 12.1 Å². The first-order valence-corrected chi connectivity index (χ1v) is 7.51. The SMILES string of the molecule is N#Cc1ccc(-c2ccncc2F)cc1.N#Cc1ccc(B(O)O)cc1. The molecule has 126 valence electrons. The number of benzene rings is 2. The highest BCUT2D eigenvalue weighted by Gasteiger charge is 2.09. The predicted molar refractivity (Wildman–Crippen MR) is 95.3 cm³/mol. The lowest BCUT2D eigenvalue weighted by Gasteiger charge is -2.01. The van der Waals surface area contributed by atoms with Crippen molar-refractivity contribution in [3.05, 3.63) is 83.9 Å². The minimum atomic E-state index is -1.46. The highest BCUT2D eigenvalue weighted by Crippen LogP contribution is 2.21. The van der Waals surface area contributed by atoms with Crippen molar-refractivity contribution in [1.29, 1.82) is 10.5 Å². The average Bonchev–Trinajstić information content (AvgIpc) is 2.69. The van der Waals surface area contributed by atoms with E-state index < -0.39 is 7.12 Å². The van der Waals surface area contributed by atoms with Crippen LogP contribution in [0.2, 0.25) is 0 Å². The van der Waals surface area contributed by atoms with Crippen molar-refractivity contribution < 1.29 is 14.4 Å². The number of hydrogen-bond acceptors (Lipinski definition) is 5. The molecule has 3 aromatic rings. The van der Waals surface area contributed by atoms with Crippen molar-refractivity contribution in [2.45, 2.75) is 0 Å². The van der Waals surface area contributed by atoms with Crippen LogP contribution in [0.4, 0.5) is 4.39 Å². The monoisotopic (exact) mass is 345 g/mol. The Morgan fingerprint density at radius 3 is 1.85 bits per heavy atom. The van der Waals surface area contributed by atoms with Crippen LogP contribution in [-0.2, 0) is 0 Å². The van der Waals surface area contributed by atoms with E-state index in [2.05, 4.69) is 4.98 Å². The van der Waals surface area contributed by atoms with Gasteiger partial charge in [0.05, 0.1) is 29.5 Å². The fourth-order valence-corrected chi connectivity index (χ4v) is 2.06. The van der Waals surface area contributed by atoms with Crippen LogP contribution in [0.3, 0.4) is 0 Å². The molecule has 0 aliphatic heterocycles. The number of pyridine rings is 1. The summed E-state index contributed by atoms with van der Waals surface area (Å²) in [6.45, 7) is 0. The Morgan fingerprint density at radius 1 is 0.846 bits per heavy atom. The molecule has 2 N–H and O–H groups in total. The second kappa shape index (κ2) is 9.09. The first-order valence-electron chi connectivity index (χ1n) is 7.51. The maximum Gasteiger partial charge on any atom is 0.488 e. The summed E-state index contributed by atoms with van der Waals surface area (Å²) in [5, 5.41) is 34.3. The molecule has 1 heterocycles. The van der Waals surface area contributed by atoms with Crippen molar-refractivity contribution >= 4 is 12.6 Å². The molecule has 7 heteroatoms. The molecule has 3 rings (SSSR count). The van der Waals surface area contributed by atoms with E-state index >= 15 is 0 Å². The molecular weight excluding hydrogens is 332 g/mol. The molecule has 0 radical (unpaired) electrons. The number of rotatable bonds is 2. The zero-order valence-corrected chi connectivity index (χ0v) is 13.5. The number of halogens is 1. The molecule has 0 saturated heterocycles. The summed E-state index contributed by atoms with van der Waals surface area (Å²) in [5.41, 5.74) is 2.70. The lowest BCUT2D eigenvalue weighted by molar-refractivity contribution is 0.426. The molecule has 1 aromatic heterocycles. The third kappa shape index (κ3) is 4.99. The van der Waals surface area contributed by atoms with Crippen LogP contribution in [0, 0.1) is 28.5 Å². The van der Waals surface area contributed by atoms with E-state index in [9.17, 15) is 4.39 Å². The van der Waals surface area contributed by atoms with E-state index in [0.717, 1.165) is 5.56 Å². The van der Waals surface area contributed by atoms with Crippen LogP contribution in [0.25, 0.3) is 11.1 Å².